The first kappa shape index (κ1) is 18.9. The van der Waals surface area contributed by atoms with E-state index in [4.69, 9.17) is 0 Å². The summed E-state index contributed by atoms with van der Waals surface area (Å²) in [5.74, 6) is -0.502. The van der Waals surface area contributed by atoms with Crippen molar-refractivity contribution in [2.75, 3.05) is 18.4 Å². The first-order chi connectivity index (χ1) is 14.0. The molecule has 1 aliphatic heterocycles. The lowest BCUT2D eigenvalue weighted by Crippen LogP contribution is -2.43. The van der Waals surface area contributed by atoms with E-state index in [0.29, 0.717) is 29.9 Å². The van der Waals surface area contributed by atoms with Gasteiger partial charge in [0.2, 0.25) is 5.91 Å². The van der Waals surface area contributed by atoms with Crippen LogP contribution in [0.4, 0.5) is 5.69 Å². The summed E-state index contributed by atoms with van der Waals surface area (Å²) < 4.78 is 0. The minimum absolute atomic E-state index is 0.0467. The maximum absolute atomic E-state index is 13.0. The van der Waals surface area contributed by atoms with Crippen molar-refractivity contribution in [1.82, 2.24) is 9.88 Å². The number of rotatable bonds is 4. The number of carbonyl (C=O) groups is 3. The van der Waals surface area contributed by atoms with Crippen LogP contribution >= 0.6 is 0 Å². The van der Waals surface area contributed by atoms with Gasteiger partial charge < -0.3 is 15.2 Å². The zero-order chi connectivity index (χ0) is 20.4. The van der Waals surface area contributed by atoms with E-state index in [1.165, 1.54) is 6.92 Å². The third-order valence-corrected chi connectivity index (χ3v) is 5.42. The highest BCUT2D eigenvalue weighted by Gasteiger charge is 2.29. The Bertz CT molecular complexity index is 1090. The number of fused-ring (bicyclic) bond motifs is 1. The quantitative estimate of drug-likeness (QED) is 0.665. The van der Waals surface area contributed by atoms with Crippen molar-refractivity contribution in [2.45, 2.75) is 19.8 Å². The summed E-state index contributed by atoms with van der Waals surface area (Å²) in [6, 6.07) is 14.5. The third kappa shape index (κ3) is 4.06. The van der Waals surface area contributed by atoms with Gasteiger partial charge in [-0.15, -0.1) is 0 Å². The molecule has 0 aliphatic carbocycles. The number of ketones is 1. The van der Waals surface area contributed by atoms with Gasteiger partial charge in [-0.3, -0.25) is 14.4 Å². The Hall–Kier alpha value is -3.41. The fraction of sp³-hybridized carbons (Fsp3) is 0.261. The van der Waals surface area contributed by atoms with E-state index in [1.54, 1.807) is 29.2 Å². The number of likely N-dealkylation sites (tertiary alicyclic amines) is 1. The molecule has 0 radical (unpaired) electrons. The number of anilines is 1. The summed E-state index contributed by atoms with van der Waals surface area (Å²) in [5.41, 5.74) is 2.70. The first-order valence-corrected chi connectivity index (χ1v) is 9.79. The summed E-state index contributed by atoms with van der Waals surface area (Å²) in [5, 5.41) is 3.95. The number of amides is 2. The number of carbonyl (C=O) groups excluding carboxylic acids is 3. The van der Waals surface area contributed by atoms with Crippen molar-refractivity contribution in [3.8, 4) is 0 Å². The van der Waals surface area contributed by atoms with E-state index in [2.05, 4.69) is 10.3 Å². The average Bonchev–Trinajstić information content (AvgIpc) is 3.21. The van der Waals surface area contributed by atoms with Crippen LogP contribution < -0.4 is 5.32 Å². The van der Waals surface area contributed by atoms with E-state index in [1.807, 2.05) is 30.5 Å². The van der Waals surface area contributed by atoms with Gasteiger partial charge in [0.15, 0.2) is 5.78 Å². The molecular weight excluding hydrogens is 366 g/mol. The van der Waals surface area contributed by atoms with E-state index in [-0.39, 0.29) is 23.5 Å². The number of aromatic amines is 1. The zero-order valence-electron chi connectivity index (χ0n) is 16.3. The van der Waals surface area contributed by atoms with Gasteiger partial charge in [0.1, 0.15) is 0 Å². The second-order valence-corrected chi connectivity index (χ2v) is 7.50. The summed E-state index contributed by atoms with van der Waals surface area (Å²) in [4.78, 5) is 42.1. The zero-order valence-corrected chi connectivity index (χ0v) is 16.3. The molecule has 1 aliphatic rings. The molecule has 6 nitrogen and oxygen atoms in total. The van der Waals surface area contributed by atoms with E-state index >= 15 is 0 Å². The second-order valence-electron chi connectivity index (χ2n) is 7.50. The Balaban J connectivity index is 1.44. The molecule has 2 amide bonds. The maximum Gasteiger partial charge on any atom is 0.253 e. The lowest BCUT2D eigenvalue weighted by atomic mass is 9.96. The summed E-state index contributed by atoms with van der Waals surface area (Å²) in [6.45, 7) is 2.53. The number of benzene rings is 2. The molecule has 148 valence electrons. The molecule has 0 unspecified atom stereocenters. The molecule has 2 N–H and O–H groups in total. The molecule has 0 spiro atoms. The molecule has 3 aromatic rings. The van der Waals surface area contributed by atoms with Crippen LogP contribution in [0, 0.1) is 5.92 Å². The molecule has 1 atom stereocenters. The molecule has 29 heavy (non-hydrogen) atoms. The highest BCUT2D eigenvalue weighted by atomic mass is 16.2. The average molecular weight is 389 g/mol. The molecule has 0 bridgehead atoms. The number of hydrogen-bond acceptors (Lipinski definition) is 3. The largest absolute Gasteiger partial charge is 0.361 e. The smallest absolute Gasteiger partial charge is 0.253 e. The van der Waals surface area contributed by atoms with Crippen molar-refractivity contribution in [3.63, 3.8) is 0 Å². The van der Waals surface area contributed by atoms with Crippen molar-refractivity contribution >= 4 is 34.2 Å². The minimum atomic E-state index is -0.275. The van der Waals surface area contributed by atoms with Gasteiger partial charge in [-0.1, -0.05) is 18.2 Å². The molecule has 0 saturated carbocycles. The van der Waals surface area contributed by atoms with Crippen molar-refractivity contribution < 1.29 is 14.4 Å². The molecule has 1 fully saturated rings. The topological polar surface area (TPSA) is 82.3 Å². The number of hydrogen-bond donors (Lipinski definition) is 2. The van der Waals surface area contributed by atoms with Gasteiger partial charge in [0.25, 0.3) is 5.91 Å². The third-order valence-electron chi connectivity index (χ3n) is 5.42. The van der Waals surface area contributed by atoms with Gasteiger partial charge in [-0.2, -0.15) is 0 Å². The number of piperidine rings is 1. The predicted octanol–water partition coefficient (Wildman–Crippen LogP) is 3.86. The number of Topliss-reactive ketones (excluding diaryl/α,β-unsaturated/α-hetero) is 1. The lowest BCUT2D eigenvalue weighted by Gasteiger charge is -2.32. The number of nitrogens with zero attached hydrogens (tertiary/aromatic N) is 1. The molecule has 1 saturated heterocycles. The summed E-state index contributed by atoms with van der Waals surface area (Å²) >= 11 is 0. The SMILES string of the molecule is CC(=O)c1cccc(NC(=O)[C@@H]2CCCN(C(=O)c3ccc4cc[nH]c4c3)C2)c1. The van der Waals surface area contributed by atoms with Crippen LogP contribution in [0.3, 0.4) is 0 Å². The minimum Gasteiger partial charge on any atom is -0.361 e. The molecule has 2 aromatic carbocycles. The Morgan fingerprint density at radius 2 is 1.93 bits per heavy atom. The summed E-state index contributed by atoms with van der Waals surface area (Å²) in [6.07, 6.45) is 3.36. The van der Waals surface area contributed by atoms with E-state index in [0.717, 1.165) is 23.7 Å². The van der Waals surface area contributed by atoms with Crippen LogP contribution in [0.25, 0.3) is 10.9 Å². The predicted molar refractivity (Wildman–Crippen MR) is 112 cm³/mol. The maximum atomic E-state index is 13.0. The normalized spacial score (nSPS) is 16.6. The van der Waals surface area contributed by atoms with Crippen LogP contribution in [0.1, 0.15) is 40.5 Å². The van der Waals surface area contributed by atoms with Crippen LogP contribution in [-0.4, -0.2) is 40.6 Å². The molecule has 1 aromatic heterocycles. The van der Waals surface area contributed by atoms with Gasteiger partial charge in [0, 0.05) is 41.6 Å². The Labute approximate surface area is 168 Å². The van der Waals surface area contributed by atoms with Gasteiger partial charge >= 0.3 is 0 Å². The van der Waals surface area contributed by atoms with Crippen molar-refractivity contribution in [1.29, 1.82) is 0 Å². The lowest BCUT2D eigenvalue weighted by molar-refractivity contribution is -0.121. The van der Waals surface area contributed by atoms with Crippen LogP contribution in [0.5, 0.6) is 0 Å². The van der Waals surface area contributed by atoms with E-state index in [9.17, 15) is 14.4 Å². The molecule has 2 heterocycles. The van der Waals surface area contributed by atoms with Crippen LogP contribution in [-0.2, 0) is 4.79 Å². The van der Waals surface area contributed by atoms with Crippen LogP contribution in [0.15, 0.2) is 54.7 Å². The van der Waals surface area contributed by atoms with Gasteiger partial charge in [0.05, 0.1) is 5.92 Å². The first-order valence-electron chi connectivity index (χ1n) is 9.79. The summed E-state index contributed by atoms with van der Waals surface area (Å²) in [7, 11) is 0. The Kier molecular flexibility index (Phi) is 5.16. The molecular formula is C23H23N3O3. The van der Waals surface area contributed by atoms with Crippen molar-refractivity contribution in [3.05, 3.63) is 65.9 Å². The Morgan fingerprint density at radius 1 is 1.07 bits per heavy atom. The number of aromatic nitrogens is 1. The standard InChI is InChI=1S/C23H23N3O3/c1-15(27)17-4-2-6-20(12-17)25-22(28)19-5-3-11-26(14-19)23(29)18-8-7-16-9-10-24-21(16)13-18/h2,4,6-10,12-13,19,24H,3,5,11,14H2,1H3,(H,25,28)/t19-/m1/s1. The monoisotopic (exact) mass is 389 g/mol. The molecule has 4 rings (SSSR count). The highest BCUT2D eigenvalue weighted by molar-refractivity contribution is 5.99. The number of nitrogens with one attached hydrogen (secondary N) is 2. The highest BCUT2D eigenvalue weighted by Crippen LogP contribution is 2.22. The van der Waals surface area contributed by atoms with Crippen LogP contribution in [0.2, 0.25) is 0 Å². The van der Waals surface area contributed by atoms with E-state index < -0.39 is 0 Å². The van der Waals surface area contributed by atoms with Gasteiger partial charge in [-0.25, -0.2) is 0 Å². The number of H-pyrrole nitrogens is 1. The second kappa shape index (κ2) is 7.91. The van der Waals surface area contributed by atoms with Gasteiger partial charge in [-0.05, 0) is 55.5 Å². The molecule has 6 heteroatoms. The fourth-order valence-corrected chi connectivity index (χ4v) is 3.80. The van der Waals surface area contributed by atoms with Crippen molar-refractivity contribution in [2.24, 2.45) is 5.92 Å². The Morgan fingerprint density at radius 3 is 2.76 bits per heavy atom. The fourth-order valence-electron chi connectivity index (χ4n) is 3.80.